The zero-order valence-corrected chi connectivity index (χ0v) is 11.9. The third kappa shape index (κ3) is 3.47. The molecule has 2 aliphatic rings. The number of rotatable bonds is 5. The van der Waals surface area contributed by atoms with Crippen LogP contribution in [-0.2, 0) is 9.59 Å². The van der Waals surface area contributed by atoms with Crippen LogP contribution in [0.1, 0.15) is 39.5 Å². The fourth-order valence-electron chi connectivity index (χ4n) is 3.03. The van der Waals surface area contributed by atoms with Crippen LogP contribution in [0.25, 0.3) is 0 Å². The van der Waals surface area contributed by atoms with E-state index in [1.165, 1.54) is 6.42 Å². The number of hydrogen-bond acceptors (Lipinski definition) is 3. The molecular weight excluding hydrogens is 242 g/mol. The summed E-state index contributed by atoms with van der Waals surface area (Å²) in [5.41, 5.74) is 0. The average molecular weight is 267 g/mol. The summed E-state index contributed by atoms with van der Waals surface area (Å²) in [6.07, 6.45) is 3.76. The van der Waals surface area contributed by atoms with Crippen LogP contribution in [-0.4, -0.2) is 48.4 Å². The second-order valence-electron chi connectivity index (χ2n) is 5.92. The normalized spacial score (nSPS) is 25.1. The average Bonchev–Trinajstić information content (AvgIpc) is 2.99. The number of amides is 2. The third-order valence-corrected chi connectivity index (χ3v) is 4.03. The molecule has 2 N–H and O–H groups in total. The zero-order valence-electron chi connectivity index (χ0n) is 11.9. The van der Waals surface area contributed by atoms with Gasteiger partial charge in [0.15, 0.2) is 0 Å². The number of nitrogens with one attached hydrogen (secondary N) is 2. The minimum Gasteiger partial charge on any atom is -0.353 e. The summed E-state index contributed by atoms with van der Waals surface area (Å²) < 4.78 is 0. The van der Waals surface area contributed by atoms with E-state index in [0.717, 1.165) is 25.9 Å². The van der Waals surface area contributed by atoms with Gasteiger partial charge in [0.1, 0.15) is 6.04 Å². The van der Waals surface area contributed by atoms with E-state index in [0.29, 0.717) is 19.0 Å². The SMILES string of the molecule is CC(C)C(C(=O)NCC1CCCN1)N1CCCC1=O. The Morgan fingerprint density at radius 3 is 2.79 bits per heavy atom. The number of carbonyl (C=O) groups is 2. The molecule has 2 atom stereocenters. The number of carbonyl (C=O) groups excluding carboxylic acids is 2. The maximum absolute atomic E-state index is 12.3. The molecule has 0 saturated carbocycles. The molecule has 19 heavy (non-hydrogen) atoms. The van der Waals surface area contributed by atoms with Gasteiger partial charge in [-0.15, -0.1) is 0 Å². The Labute approximate surface area is 115 Å². The lowest BCUT2D eigenvalue weighted by Gasteiger charge is -2.30. The lowest BCUT2D eigenvalue weighted by molar-refractivity contribution is -0.139. The van der Waals surface area contributed by atoms with Crippen molar-refractivity contribution in [2.24, 2.45) is 5.92 Å². The van der Waals surface area contributed by atoms with Gasteiger partial charge >= 0.3 is 0 Å². The molecule has 0 radical (unpaired) electrons. The maximum Gasteiger partial charge on any atom is 0.243 e. The van der Waals surface area contributed by atoms with Gasteiger partial charge < -0.3 is 15.5 Å². The van der Waals surface area contributed by atoms with Gasteiger partial charge in [-0.1, -0.05) is 13.8 Å². The summed E-state index contributed by atoms with van der Waals surface area (Å²) in [6.45, 7) is 6.44. The Bertz CT molecular complexity index is 338. The van der Waals surface area contributed by atoms with Crippen LogP contribution in [0.4, 0.5) is 0 Å². The zero-order chi connectivity index (χ0) is 13.8. The van der Waals surface area contributed by atoms with Crippen LogP contribution in [0, 0.1) is 5.92 Å². The molecule has 2 amide bonds. The molecule has 2 heterocycles. The van der Waals surface area contributed by atoms with Crippen molar-refractivity contribution < 1.29 is 9.59 Å². The fraction of sp³-hybridized carbons (Fsp3) is 0.857. The minimum absolute atomic E-state index is 0.000972. The highest BCUT2D eigenvalue weighted by Crippen LogP contribution is 2.19. The molecule has 2 rings (SSSR count). The van der Waals surface area contributed by atoms with Gasteiger partial charge in [0.25, 0.3) is 0 Å². The van der Waals surface area contributed by atoms with Crippen LogP contribution in [0.2, 0.25) is 0 Å². The van der Waals surface area contributed by atoms with Crippen LogP contribution < -0.4 is 10.6 Å². The predicted molar refractivity (Wildman–Crippen MR) is 73.6 cm³/mol. The smallest absolute Gasteiger partial charge is 0.243 e. The second kappa shape index (κ2) is 6.37. The summed E-state index contributed by atoms with van der Waals surface area (Å²) in [4.78, 5) is 25.9. The van der Waals surface area contributed by atoms with Gasteiger partial charge in [0.05, 0.1) is 0 Å². The molecule has 0 spiro atoms. The van der Waals surface area contributed by atoms with Crippen LogP contribution in [0.15, 0.2) is 0 Å². The molecule has 5 nitrogen and oxygen atoms in total. The molecule has 2 aliphatic heterocycles. The van der Waals surface area contributed by atoms with Gasteiger partial charge in [-0.3, -0.25) is 9.59 Å². The Hall–Kier alpha value is -1.10. The molecule has 0 aliphatic carbocycles. The highest BCUT2D eigenvalue weighted by molar-refractivity contribution is 5.88. The van der Waals surface area contributed by atoms with E-state index in [-0.39, 0.29) is 23.8 Å². The largest absolute Gasteiger partial charge is 0.353 e. The molecule has 0 bridgehead atoms. The Balaban J connectivity index is 1.90. The first-order valence-electron chi connectivity index (χ1n) is 7.40. The van der Waals surface area contributed by atoms with Crippen molar-refractivity contribution in [1.29, 1.82) is 0 Å². The Morgan fingerprint density at radius 2 is 2.26 bits per heavy atom. The van der Waals surface area contributed by atoms with Gasteiger partial charge in [0.2, 0.25) is 11.8 Å². The minimum atomic E-state index is -0.309. The Kier molecular flexibility index (Phi) is 4.80. The Morgan fingerprint density at radius 1 is 1.47 bits per heavy atom. The summed E-state index contributed by atoms with van der Waals surface area (Å²) in [5, 5.41) is 6.37. The van der Waals surface area contributed by atoms with Crippen molar-refractivity contribution in [3.63, 3.8) is 0 Å². The van der Waals surface area contributed by atoms with Crippen molar-refractivity contribution in [2.45, 2.75) is 51.6 Å². The number of nitrogens with zero attached hydrogens (tertiary/aromatic N) is 1. The predicted octanol–water partition coefficient (Wildman–Crippen LogP) is 0.502. The first kappa shape index (κ1) is 14.3. The van der Waals surface area contributed by atoms with Crippen molar-refractivity contribution in [2.75, 3.05) is 19.6 Å². The van der Waals surface area contributed by atoms with E-state index in [9.17, 15) is 9.59 Å². The topological polar surface area (TPSA) is 61.4 Å². The van der Waals surface area contributed by atoms with Gasteiger partial charge in [-0.05, 0) is 31.7 Å². The van der Waals surface area contributed by atoms with Crippen LogP contribution >= 0.6 is 0 Å². The summed E-state index contributed by atoms with van der Waals surface area (Å²) in [6, 6.07) is 0.0856. The quantitative estimate of drug-likeness (QED) is 0.762. The number of hydrogen-bond donors (Lipinski definition) is 2. The molecule has 0 aromatic rings. The highest BCUT2D eigenvalue weighted by Gasteiger charge is 2.34. The lowest BCUT2D eigenvalue weighted by atomic mass is 10.0. The fourth-order valence-corrected chi connectivity index (χ4v) is 3.03. The summed E-state index contributed by atoms with van der Waals surface area (Å²) in [7, 11) is 0. The maximum atomic E-state index is 12.3. The highest BCUT2D eigenvalue weighted by atomic mass is 16.2. The molecule has 5 heteroatoms. The molecule has 2 unspecified atom stereocenters. The van der Waals surface area contributed by atoms with Gasteiger partial charge in [-0.2, -0.15) is 0 Å². The van der Waals surface area contributed by atoms with Crippen molar-refractivity contribution in [3.05, 3.63) is 0 Å². The number of likely N-dealkylation sites (tertiary alicyclic amines) is 1. The second-order valence-corrected chi connectivity index (χ2v) is 5.92. The third-order valence-electron chi connectivity index (χ3n) is 4.03. The van der Waals surface area contributed by atoms with E-state index in [4.69, 9.17) is 0 Å². The lowest BCUT2D eigenvalue weighted by Crippen LogP contribution is -2.52. The van der Waals surface area contributed by atoms with Crippen LogP contribution in [0.5, 0.6) is 0 Å². The monoisotopic (exact) mass is 267 g/mol. The molecule has 0 aromatic heterocycles. The van der Waals surface area contributed by atoms with Gasteiger partial charge in [-0.25, -0.2) is 0 Å². The van der Waals surface area contributed by atoms with E-state index in [1.54, 1.807) is 4.90 Å². The summed E-state index contributed by atoms with van der Waals surface area (Å²) in [5.74, 6) is 0.269. The van der Waals surface area contributed by atoms with E-state index < -0.39 is 0 Å². The molecule has 2 saturated heterocycles. The first-order chi connectivity index (χ1) is 9.09. The summed E-state index contributed by atoms with van der Waals surface area (Å²) >= 11 is 0. The standard InChI is InChI=1S/C14H25N3O2/c1-10(2)13(17-8-4-6-12(17)18)14(19)16-9-11-5-3-7-15-11/h10-11,13,15H,3-9H2,1-2H3,(H,16,19). The van der Waals surface area contributed by atoms with Crippen molar-refractivity contribution in [1.82, 2.24) is 15.5 Å². The van der Waals surface area contributed by atoms with E-state index >= 15 is 0 Å². The molecule has 108 valence electrons. The van der Waals surface area contributed by atoms with Crippen molar-refractivity contribution >= 4 is 11.8 Å². The van der Waals surface area contributed by atoms with E-state index in [1.807, 2.05) is 13.8 Å². The van der Waals surface area contributed by atoms with E-state index in [2.05, 4.69) is 10.6 Å². The van der Waals surface area contributed by atoms with Gasteiger partial charge in [0, 0.05) is 25.6 Å². The van der Waals surface area contributed by atoms with Crippen molar-refractivity contribution in [3.8, 4) is 0 Å². The molecular formula is C14H25N3O2. The molecule has 0 aromatic carbocycles. The molecule has 2 fully saturated rings. The first-order valence-corrected chi connectivity index (χ1v) is 7.40. The van der Waals surface area contributed by atoms with Crippen LogP contribution in [0.3, 0.4) is 0 Å².